The lowest BCUT2D eigenvalue weighted by atomic mass is 9.98. The molecule has 17 heavy (non-hydrogen) atoms. The SMILES string of the molecule is Cc1ccc(C(N)CCc2ccco2)cc1C. The first-order valence-corrected chi connectivity index (χ1v) is 6.02. The monoisotopic (exact) mass is 229 g/mol. The summed E-state index contributed by atoms with van der Waals surface area (Å²) in [6.45, 7) is 4.24. The Labute approximate surface area is 102 Å². The van der Waals surface area contributed by atoms with Crippen molar-refractivity contribution in [2.45, 2.75) is 32.7 Å². The van der Waals surface area contributed by atoms with Gasteiger partial charge in [-0.1, -0.05) is 18.2 Å². The normalized spacial score (nSPS) is 12.6. The molecule has 2 N–H and O–H groups in total. The first-order chi connectivity index (χ1) is 8.16. The summed E-state index contributed by atoms with van der Waals surface area (Å²) in [5.41, 5.74) is 10.0. The molecule has 1 aromatic heterocycles. The van der Waals surface area contributed by atoms with Crippen molar-refractivity contribution in [1.82, 2.24) is 0 Å². The van der Waals surface area contributed by atoms with Crippen LogP contribution in [-0.4, -0.2) is 0 Å². The van der Waals surface area contributed by atoms with E-state index >= 15 is 0 Å². The van der Waals surface area contributed by atoms with Gasteiger partial charge in [-0.3, -0.25) is 0 Å². The van der Waals surface area contributed by atoms with E-state index in [9.17, 15) is 0 Å². The van der Waals surface area contributed by atoms with Crippen LogP contribution >= 0.6 is 0 Å². The van der Waals surface area contributed by atoms with Gasteiger partial charge in [-0.15, -0.1) is 0 Å². The average molecular weight is 229 g/mol. The first-order valence-electron chi connectivity index (χ1n) is 6.02. The highest BCUT2D eigenvalue weighted by Crippen LogP contribution is 2.19. The lowest BCUT2D eigenvalue weighted by molar-refractivity contribution is 0.488. The lowest BCUT2D eigenvalue weighted by Gasteiger charge is -2.13. The molecule has 0 aliphatic carbocycles. The minimum absolute atomic E-state index is 0.0828. The molecule has 90 valence electrons. The molecule has 0 aliphatic rings. The Hall–Kier alpha value is -1.54. The lowest BCUT2D eigenvalue weighted by Crippen LogP contribution is -2.11. The molecule has 0 radical (unpaired) electrons. The van der Waals surface area contributed by atoms with Crippen molar-refractivity contribution in [3.8, 4) is 0 Å². The summed E-state index contributed by atoms with van der Waals surface area (Å²) in [6.07, 6.45) is 3.51. The molecular formula is C15H19NO. The minimum atomic E-state index is 0.0828. The van der Waals surface area contributed by atoms with Crippen molar-refractivity contribution < 1.29 is 4.42 Å². The summed E-state index contributed by atoms with van der Waals surface area (Å²) < 4.78 is 5.31. The van der Waals surface area contributed by atoms with E-state index in [0.29, 0.717) is 0 Å². The van der Waals surface area contributed by atoms with Crippen LogP contribution < -0.4 is 5.73 Å². The standard InChI is InChI=1S/C15H19NO/c1-11-5-6-13(10-12(11)2)15(16)8-7-14-4-3-9-17-14/h3-6,9-10,15H,7-8,16H2,1-2H3. The van der Waals surface area contributed by atoms with Crippen LogP contribution in [0.1, 0.15) is 34.9 Å². The van der Waals surface area contributed by atoms with Crippen molar-refractivity contribution in [3.63, 3.8) is 0 Å². The smallest absolute Gasteiger partial charge is 0.103 e. The molecule has 1 unspecified atom stereocenters. The van der Waals surface area contributed by atoms with Crippen molar-refractivity contribution in [3.05, 3.63) is 59.0 Å². The minimum Gasteiger partial charge on any atom is -0.469 e. The van der Waals surface area contributed by atoms with Gasteiger partial charge < -0.3 is 10.2 Å². The number of furan rings is 1. The molecule has 0 saturated carbocycles. The number of nitrogens with two attached hydrogens (primary N) is 1. The fourth-order valence-electron chi connectivity index (χ4n) is 1.91. The Kier molecular flexibility index (Phi) is 3.64. The first kappa shape index (κ1) is 11.9. The van der Waals surface area contributed by atoms with Gasteiger partial charge in [0.15, 0.2) is 0 Å². The van der Waals surface area contributed by atoms with Gasteiger partial charge in [0.1, 0.15) is 5.76 Å². The second-order valence-electron chi connectivity index (χ2n) is 4.57. The van der Waals surface area contributed by atoms with Gasteiger partial charge in [-0.05, 0) is 49.1 Å². The van der Waals surface area contributed by atoms with Crippen LogP contribution in [-0.2, 0) is 6.42 Å². The highest BCUT2D eigenvalue weighted by Gasteiger charge is 2.08. The maximum absolute atomic E-state index is 6.19. The molecule has 1 aromatic carbocycles. The maximum Gasteiger partial charge on any atom is 0.103 e. The fraction of sp³-hybridized carbons (Fsp3) is 0.333. The van der Waals surface area contributed by atoms with Crippen LogP contribution in [0.4, 0.5) is 0 Å². The largest absolute Gasteiger partial charge is 0.469 e. The van der Waals surface area contributed by atoms with Gasteiger partial charge in [0.05, 0.1) is 6.26 Å². The van der Waals surface area contributed by atoms with Gasteiger partial charge in [0.25, 0.3) is 0 Å². The summed E-state index contributed by atoms with van der Waals surface area (Å²) in [5, 5.41) is 0. The molecule has 0 saturated heterocycles. The van der Waals surface area contributed by atoms with Gasteiger partial charge in [-0.2, -0.15) is 0 Å². The summed E-state index contributed by atoms with van der Waals surface area (Å²) >= 11 is 0. The molecule has 0 fully saturated rings. The van der Waals surface area contributed by atoms with E-state index in [0.717, 1.165) is 18.6 Å². The second-order valence-corrected chi connectivity index (χ2v) is 4.57. The Balaban J connectivity index is 1.99. The summed E-state index contributed by atoms with van der Waals surface area (Å²) in [5.74, 6) is 1.00. The number of aryl methyl sites for hydroxylation is 3. The van der Waals surface area contributed by atoms with Crippen molar-refractivity contribution in [2.24, 2.45) is 5.73 Å². The Morgan fingerprint density at radius 1 is 1.18 bits per heavy atom. The zero-order valence-corrected chi connectivity index (χ0v) is 10.4. The molecule has 2 aromatic rings. The zero-order chi connectivity index (χ0) is 12.3. The molecule has 1 heterocycles. The Bertz CT molecular complexity index is 474. The molecule has 0 amide bonds. The second kappa shape index (κ2) is 5.19. The van der Waals surface area contributed by atoms with Gasteiger partial charge >= 0.3 is 0 Å². The molecule has 0 spiro atoms. The number of rotatable bonds is 4. The van der Waals surface area contributed by atoms with E-state index < -0.39 is 0 Å². The molecule has 2 nitrogen and oxygen atoms in total. The van der Waals surface area contributed by atoms with Crippen LogP contribution in [0.3, 0.4) is 0 Å². The van der Waals surface area contributed by atoms with E-state index in [4.69, 9.17) is 10.2 Å². The van der Waals surface area contributed by atoms with Gasteiger partial charge in [0, 0.05) is 12.5 Å². The van der Waals surface area contributed by atoms with Gasteiger partial charge in [0.2, 0.25) is 0 Å². The number of hydrogen-bond acceptors (Lipinski definition) is 2. The van der Waals surface area contributed by atoms with Crippen LogP contribution in [0, 0.1) is 13.8 Å². The zero-order valence-electron chi connectivity index (χ0n) is 10.4. The topological polar surface area (TPSA) is 39.2 Å². The van der Waals surface area contributed by atoms with Crippen LogP contribution in [0.2, 0.25) is 0 Å². The van der Waals surface area contributed by atoms with Crippen molar-refractivity contribution in [2.75, 3.05) is 0 Å². The van der Waals surface area contributed by atoms with Gasteiger partial charge in [-0.25, -0.2) is 0 Å². The molecule has 0 bridgehead atoms. The van der Waals surface area contributed by atoms with Crippen LogP contribution in [0.15, 0.2) is 41.0 Å². The summed E-state index contributed by atoms with van der Waals surface area (Å²) in [7, 11) is 0. The van der Waals surface area contributed by atoms with E-state index in [1.165, 1.54) is 16.7 Å². The third kappa shape index (κ3) is 2.98. The quantitative estimate of drug-likeness (QED) is 0.871. The van der Waals surface area contributed by atoms with E-state index in [1.54, 1.807) is 6.26 Å². The highest BCUT2D eigenvalue weighted by atomic mass is 16.3. The van der Waals surface area contributed by atoms with Crippen molar-refractivity contribution >= 4 is 0 Å². The predicted molar refractivity (Wildman–Crippen MR) is 69.9 cm³/mol. The van der Waals surface area contributed by atoms with E-state index in [1.807, 2.05) is 12.1 Å². The number of benzene rings is 1. The summed E-state index contributed by atoms with van der Waals surface area (Å²) in [6, 6.07) is 10.4. The predicted octanol–water partition coefficient (Wildman–Crippen LogP) is 3.53. The highest BCUT2D eigenvalue weighted by molar-refractivity contribution is 5.31. The molecule has 1 atom stereocenters. The average Bonchev–Trinajstić information content (AvgIpc) is 2.82. The van der Waals surface area contributed by atoms with E-state index in [-0.39, 0.29) is 6.04 Å². The summed E-state index contributed by atoms with van der Waals surface area (Å²) in [4.78, 5) is 0. The third-order valence-electron chi connectivity index (χ3n) is 3.24. The van der Waals surface area contributed by atoms with Crippen LogP contribution in [0.25, 0.3) is 0 Å². The fourth-order valence-corrected chi connectivity index (χ4v) is 1.91. The molecule has 0 aliphatic heterocycles. The molecule has 2 heteroatoms. The van der Waals surface area contributed by atoms with Crippen molar-refractivity contribution in [1.29, 1.82) is 0 Å². The van der Waals surface area contributed by atoms with E-state index in [2.05, 4.69) is 32.0 Å². The molecular weight excluding hydrogens is 210 g/mol. The third-order valence-corrected chi connectivity index (χ3v) is 3.24. The Morgan fingerprint density at radius 3 is 2.65 bits per heavy atom. The maximum atomic E-state index is 6.19. The Morgan fingerprint density at radius 2 is 2.00 bits per heavy atom. The number of hydrogen-bond donors (Lipinski definition) is 1. The molecule has 2 rings (SSSR count). The van der Waals surface area contributed by atoms with Crippen LogP contribution in [0.5, 0.6) is 0 Å².